The van der Waals surface area contributed by atoms with Crippen LogP contribution in [0.15, 0.2) is 59.5 Å². The van der Waals surface area contributed by atoms with E-state index in [1.807, 2.05) is 0 Å². The molecule has 150 valence electrons. The van der Waals surface area contributed by atoms with Crippen molar-refractivity contribution in [3.05, 3.63) is 76.0 Å². The Labute approximate surface area is 167 Å². The first-order valence-corrected chi connectivity index (χ1v) is 10.2. The molecular weight excluding hydrogens is 396 g/mol. The molecule has 0 aliphatic rings. The maximum Gasteiger partial charge on any atom is 0.269 e. The highest BCUT2D eigenvalue weighted by Gasteiger charge is 2.19. The molecule has 1 aromatic heterocycles. The molecule has 0 saturated carbocycles. The molecule has 0 unspecified atom stereocenters. The lowest BCUT2D eigenvalue weighted by molar-refractivity contribution is -0.384. The van der Waals surface area contributed by atoms with Crippen molar-refractivity contribution in [2.75, 3.05) is 4.72 Å². The largest absolute Gasteiger partial charge is 0.294 e. The Morgan fingerprint density at radius 1 is 1.17 bits per heavy atom. The maximum atomic E-state index is 12.8. The Morgan fingerprint density at radius 2 is 1.86 bits per heavy atom. The van der Waals surface area contributed by atoms with E-state index in [0.717, 1.165) is 0 Å². The molecule has 0 spiro atoms. The fraction of sp³-hybridized carbons (Fsp3) is 0.158. The molecule has 0 fully saturated rings. The molecule has 2 aromatic carbocycles. The Bertz CT molecular complexity index is 1180. The second-order valence-corrected chi connectivity index (χ2v) is 7.95. The highest BCUT2D eigenvalue weighted by Crippen LogP contribution is 2.23. The topological polar surface area (TPSA) is 124 Å². The van der Waals surface area contributed by atoms with Crippen molar-refractivity contribution in [3.63, 3.8) is 0 Å². The minimum Gasteiger partial charge on any atom is -0.294 e. The number of nitrogens with zero attached hydrogens (tertiary/aromatic N) is 3. The zero-order valence-electron chi connectivity index (χ0n) is 15.7. The number of rotatable bonds is 7. The molecule has 1 heterocycles. The number of carbonyl (C=O) groups excluding carboxylic acids is 1. The molecule has 1 N–H and O–H groups in total. The van der Waals surface area contributed by atoms with Crippen LogP contribution in [0.1, 0.15) is 29.4 Å². The van der Waals surface area contributed by atoms with E-state index in [4.69, 9.17) is 0 Å². The van der Waals surface area contributed by atoms with Gasteiger partial charge >= 0.3 is 0 Å². The van der Waals surface area contributed by atoms with E-state index in [1.165, 1.54) is 47.1 Å². The van der Waals surface area contributed by atoms with Gasteiger partial charge in [0.15, 0.2) is 5.78 Å². The van der Waals surface area contributed by atoms with E-state index in [1.54, 1.807) is 26.0 Å². The number of hydrogen-bond donors (Lipinski definition) is 1. The van der Waals surface area contributed by atoms with E-state index in [-0.39, 0.29) is 28.6 Å². The molecule has 10 heteroatoms. The average molecular weight is 414 g/mol. The maximum absolute atomic E-state index is 12.8. The van der Waals surface area contributed by atoms with Gasteiger partial charge < -0.3 is 0 Å². The Hall–Kier alpha value is -3.53. The highest BCUT2D eigenvalue weighted by molar-refractivity contribution is 7.92. The van der Waals surface area contributed by atoms with Crippen molar-refractivity contribution >= 4 is 27.3 Å². The van der Waals surface area contributed by atoms with Crippen LogP contribution >= 0.6 is 0 Å². The number of anilines is 1. The van der Waals surface area contributed by atoms with Crippen molar-refractivity contribution in [1.29, 1.82) is 0 Å². The monoisotopic (exact) mass is 414 g/mol. The van der Waals surface area contributed by atoms with Crippen LogP contribution in [0.4, 0.5) is 11.5 Å². The number of benzene rings is 2. The molecule has 0 radical (unpaired) electrons. The predicted octanol–water partition coefficient (Wildman–Crippen LogP) is 3.48. The van der Waals surface area contributed by atoms with Crippen molar-refractivity contribution in [1.82, 2.24) is 9.78 Å². The van der Waals surface area contributed by atoms with Gasteiger partial charge in [-0.15, -0.1) is 0 Å². The lowest BCUT2D eigenvalue weighted by Gasteiger charge is -2.11. The molecule has 29 heavy (non-hydrogen) atoms. The van der Waals surface area contributed by atoms with Crippen LogP contribution in [0.25, 0.3) is 5.69 Å². The quantitative estimate of drug-likeness (QED) is 0.358. The number of sulfonamides is 1. The zero-order chi connectivity index (χ0) is 21.2. The lowest BCUT2D eigenvalue weighted by atomic mass is 10.1. The number of Topliss-reactive ketones (excluding diaryl/α,β-unsaturated/α-hetero) is 1. The van der Waals surface area contributed by atoms with Gasteiger partial charge in [-0.3, -0.25) is 19.6 Å². The number of aryl methyl sites for hydroxylation is 1. The smallest absolute Gasteiger partial charge is 0.269 e. The number of nitrogens with one attached hydrogen (secondary N) is 1. The molecule has 0 amide bonds. The van der Waals surface area contributed by atoms with Crippen LogP contribution in [0, 0.1) is 17.0 Å². The number of hydrogen-bond acceptors (Lipinski definition) is 6. The second-order valence-electron chi connectivity index (χ2n) is 6.27. The van der Waals surface area contributed by atoms with Gasteiger partial charge in [-0.1, -0.05) is 19.1 Å². The molecule has 0 atom stereocenters. The van der Waals surface area contributed by atoms with Gasteiger partial charge in [0.05, 0.1) is 21.2 Å². The Balaban J connectivity index is 1.96. The van der Waals surface area contributed by atoms with Crippen molar-refractivity contribution in [2.24, 2.45) is 0 Å². The lowest BCUT2D eigenvalue weighted by Crippen LogP contribution is -2.16. The van der Waals surface area contributed by atoms with Crippen LogP contribution in [0.3, 0.4) is 0 Å². The normalized spacial score (nSPS) is 11.2. The number of aromatic nitrogens is 2. The first kappa shape index (κ1) is 20.2. The second kappa shape index (κ2) is 7.84. The summed E-state index contributed by atoms with van der Waals surface area (Å²) in [4.78, 5) is 22.1. The molecule has 0 aliphatic heterocycles. The fourth-order valence-electron chi connectivity index (χ4n) is 2.72. The number of nitro benzene ring substituents is 1. The third-order valence-electron chi connectivity index (χ3n) is 4.16. The molecule has 0 bridgehead atoms. The van der Waals surface area contributed by atoms with Gasteiger partial charge in [0.25, 0.3) is 15.7 Å². The predicted molar refractivity (Wildman–Crippen MR) is 107 cm³/mol. The van der Waals surface area contributed by atoms with Crippen molar-refractivity contribution in [3.8, 4) is 5.69 Å². The average Bonchev–Trinajstić information content (AvgIpc) is 3.06. The SMILES string of the molecule is CCC(=O)c1cccc(S(=O)(=O)Nc2cc(C)nn2-c2ccc([N+](=O)[O-])cc2)c1. The first-order valence-electron chi connectivity index (χ1n) is 8.69. The van der Waals surface area contributed by atoms with E-state index >= 15 is 0 Å². The highest BCUT2D eigenvalue weighted by atomic mass is 32.2. The van der Waals surface area contributed by atoms with Crippen LogP contribution < -0.4 is 4.72 Å². The zero-order valence-corrected chi connectivity index (χ0v) is 16.5. The van der Waals surface area contributed by atoms with Gasteiger partial charge in [0, 0.05) is 30.2 Å². The van der Waals surface area contributed by atoms with Crippen LogP contribution in [0.2, 0.25) is 0 Å². The summed E-state index contributed by atoms with van der Waals surface area (Å²) in [5.74, 6) is 0.0115. The van der Waals surface area contributed by atoms with Gasteiger partial charge in [-0.25, -0.2) is 13.1 Å². The van der Waals surface area contributed by atoms with Gasteiger partial charge in [-0.05, 0) is 31.2 Å². The summed E-state index contributed by atoms with van der Waals surface area (Å²) >= 11 is 0. The standard InChI is InChI=1S/C19H18N4O5S/c1-3-18(24)14-5-4-6-17(12-14)29(27,28)21-19-11-13(2)20-22(19)15-7-9-16(10-8-15)23(25)26/h4-12,21H,3H2,1-2H3. The summed E-state index contributed by atoms with van der Waals surface area (Å²) in [6.07, 6.45) is 0.267. The molecular formula is C19H18N4O5S. The number of non-ortho nitro benzene ring substituents is 1. The summed E-state index contributed by atoms with van der Waals surface area (Å²) in [6.45, 7) is 3.40. The van der Waals surface area contributed by atoms with Crippen molar-refractivity contribution < 1.29 is 18.1 Å². The minimum absolute atomic E-state index is 0.0501. The minimum atomic E-state index is -3.99. The first-order chi connectivity index (χ1) is 13.7. The van der Waals surface area contributed by atoms with Gasteiger partial charge in [0.2, 0.25) is 0 Å². The molecule has 3 rings (SSSR count). The van der Waals surface area contributed by atoms with E-state index < -0.39 is 14.9 Å². The summed E-state index contributed by atoms with van der Waals surface area (Å²) < 4.78 is 29.5. The third-order valence-corrected chi connectivity index (χ3v) is 5.52. The molecule has 3 aromatic rings. The van der Waals surface area contributed by atoms with Crippen LogP contribution in [0.5, 0.6) is 0 Å². The van der Waals surface area contributed by atoms with E-state index in [9.17, 15) is 23.3 Å². The number of nitro groups is 1. The Kier molecular flexibility index (Phi) is 5.46. The van der Waals surface area contributed by atoms with Crippen molar-refractivity contribution in [2.45, 2.75) is 25.2 Å². The Morgan fingerprint density at radius 3 is 2.48 bits per heavy atom. The summed E-state index contributed by atoms with van der Waals surface area (Å²) in [5.41, 5.74) is 1.24. The summed E-state index contributed by atoms with van der Waals surface area (Å²) in [6, 6.07) is 12.9. The van der Waals surface area contributed by atoms with Crippen LogP contribution in [-0.4, -0.2) is 28.9 Å². The molecule has 9 nitrogen and oxygen atoms in total. The fourth-order valence-corrected chi connectivity index (χ4v) is 3.80. The van der Waals surface area contributed by atoms with E-state index in [2.05, 4.69) is 9.82 Å². The van der Waals surface area contributed by atoms with Gasteiger partial charge in [-0.2, -0.15) is 5.10 Å². The third kappa shape index (κ3) is 4.32. The molecule has 0 saturated heterocycles. The number of ketones is 1. The van der Waals surface area contributed by atoms with E-state index in [0.29, 0.717) is 16.9 Å². The van der Waals surface area contributed by atoms with Crippen LogP contribution in [-0.2, 0) is 10.0 Å². The summed E-state index contributed by atoms with van der Waals surface area (Å²) in [7, 11) is -3.99. The molecule has 0 aliphatic carbocycles. The van der Waals surface area contributed by atoms with Gasteiger partial charge in [0.1, 0.15) is 5.82 Å². The number of carbonyl (C=O) groups is 1. The summed E-state index contributed by atoms with van der Waals surface area (Å²) in [5, 5.41) is 15.1.